The van der Waals surface area contributed by atoms with E-state index in [0.717, 1.165) is 43.5 Å². The van der Waals surface area contributed by atoms with E-state index in [4.69, 9.17) is 0 Å². The molecule has 182 valence electrons. The van der Waals surface area contributed by atoms with Crippen LogP contribution in [-0.4, -0.2) is 53.6 Å². The molecule has 1 aromatic carbocycles. The molecule has 2 aliphatic heterocycles. The van der Waals surface area contributed by atoms with Gasteiger partial charge in [-0.05, 0) is 50.2 Å². The molecule has 3 N–H and O–H groups in total. The molecule has 34 heavy (non-hydrogen) atoms. The summed E-state index contributed by atoms with van der Waals surface area (Å²) < 4.78 is 0. The van der Waals surface area contributed by atoms with E-state index < -0.39 is 29.7 Å². The van der Waals surface area contributed by atoms with E-state index in [0.29, 0.717) is 24.6 Å². The molecule has 1 saturated heterocycles. The van der Waals surface area contributed by atoms with Crippen LogP contribution in [0.15, 0.2) is 18.2 Å². The summed E-state index contributed by atoms with van der Waals surface area (Å²) in [6, 6.07) is 4.11. The lowest BCUT2D eigenvalue weighted by Crippen LogP contribution is -2.54. The minimum atomic E-state index is -0.964. The van der Waals surface area contributed by atoms with Crippen molar-refractivity contribution < 1.29 is 24.0 Å². The van der Waals surface area contributed by atoms with Gasteiger partial charge in [-0.3, -0.25) is 34.2 Å². The van der Waals surface area contributed by atoms with Gasteiger partial charge in [-0.2, -0.15) is 0 Å². The Labute approximate surface area is 199 Å². The Morgan fingerprint density at radius 2 is 1.74 bits per heavy atom. The van der Waals surface area contributed by atoms with Gasteiger partial charge in [0.15, 0.2) is 0 Å². The van der Waals surface area contributed by atoms with Crippen LogP contribution < -0.4 is 16.0 Å². The zero-order chi connectivity index (χ0) is 24.1. The van der Waals surface area contributed by atoms with Crippen LogP contribution in [0.25, 0.3) is 0 Å². The molecule has 2 fully saturated rings. The fourth-order valence-corrected chi connectivity index (χ4v) is 4.49. The van der Waals surface area contributed by atoms with Crippen LogP contribution in [0.3, 0.4) is 0 Å². The van der Waals surface area contributed by atoms with Crippen molar-refractivity contribution in [3.05, 3.63) is 29.3 Å². The highest BCUT2D eigenvalue weighted by Crippen LogP contribution is 2.32. The molecule has 9 heteroatoms. The molecule has 1 atom stereocenters. The fourth-order valence-electron chi connectivity index (χ4n) is 4.49. The van der Waals surface area contributed by atoms with Gasteiger partial charge in [0.25, 0.3) is 11.8 Å². The Morgan fingerprint density at radius 3 is 2.50 bits per heavy atom. The van der Waals surface area contributed by atoms with Gasteiger partial charge in [-0.1, -0.05) is 25.3 Å². The number of unbranched alkanes of at least 4 members (excludes halogenated alkanes) is 4. The number of rotatable bonds is 12. The van der Waals surface area contributed by atoms with Crippen molar-refractivity contribution in [2.75, 3.05) is 18.4 Å². The van der Waals surface area contributed by atoms with Crippen molar-refractivity contribution in [1.82, 2.24) is 15.5 Å². The van der Waals surface area contributed by atoms with E-state index in [1.807, 2.05) is 0 Å². The molecule has 1 unspecified atom stereocenters. The van der Waals surface area contributed by atoms with E-state index in [2.05, 4.69) is 16.0 Å². The molecule has 5 amide bonds. The summed E-state index contributed by atoms with van der Waals surface area (Å²) in [6.45, 7) is 1.48. The summed E-state index contributed by atoms with van der Waals surface area (Å²) in [5.41, 5.74) is 1.15. The summed E-state index contributed by atoms with van der Waals surface area (Å²) in [4.78, 5) is 62.3. The Hall–Kier alpha value is -3.23. The van der Waals surface area contributed by atoms with Gasteiger partial charge in [0.1, 0.15) is 6.04 Å². The number of piperidine rings is 1. The lowest BCUT2D eigenvalue weighted by atomic mass is 10.0. The largest absolute Gasteiger partial charge is 0.384 e. The summed E-state index contributed by atoms with van der Waals surface area (Å²) in [6.07, 6.45) is 8.13. The fraction of sp³-hybridized carbons (Fsp3) is 0.560. The number of amides is 5. The lowest BCUT2D eigenvalue weighted by molar-refractivity contribution is -0.136. The van der Waals surface area contributed by atoms with E-state index >= 15 is 0 Å². The summed E-state index contributed by atoms with van der Waals surface area (Å²) in [7, 11) is 0. The molecule has 3 aliphatic rings. The first kappa shape index (κ1) is 23.9. The molecular weight excluding hydrogens is 436 g/mol. The van der Waals surface area contributed by atoms with Crippen molar-refractivity contribution in [2.24, 2.45) is 5.92 Å². The highest BCUT2D eigenvalue weighted by atomic mass is 16.2. The van der Waals surface area contributed by atoms with E-state index in [1.54, 1.807) is 18.2 Å². The van der Waals surface area contributed by atoms with Gasteiger partial charge in [0.2, 0.25) is 17.7 Å². The maximum Gasteiger partial charge on any atom is 0.264 e. The van der Waals surface area contributed by atoms with Gasteiger partial charge < -0.3 is 10.6 Å². The van der Waals surface area contributed by atoms with E-state index in [9.17, 15) is 24.0 Å². The maximum absolute atomic E-state index is 13.1. The lowest BCUT2D eigenvalue weighted by Gasteiger charge is -2.27. The molecular formula is C25H32N4O5. The SMILES string of the molecule is O=C(CCCCCCCNc1cccc2c1C(=O)N(C1CCC(=O)NC1=O)C2=O)NCC1CC1. The van der Waals surface area contributed by atoms with Crippen LogP contribution in [0, 0.1) is 5.92 Å². The standard InChI is InChI=1S/C25H32N4O5/c30-20(27-15-16-10-11-16)9-4-2-1-3-5-14-26-18-8-6-7-17-22(18)25(34)29(24(17)33)19-12-13-21(31)28-23(19)32/h6-8,16,19,26H,1-5,9-15H2,(H,27,30)(H,28,31,32). The van der Waals surface area contributed by atoms with Crippen molar-refractivity contribution in [1.29, 1.82) is 0 Å². The van der Waals surface area contributed by atoms with Crippen LogP contribution >= 0.6 is 0 Å². The monoisotopic (exact) mass is 468 g/mol. The van der Waals surface area contributed by atoms with Crippen LogP contribution in [0.4, 0.5) is 5.69 Å². The highest BCUT2D eigenvalue weighted by molar-refractivity contribution is 6.25. The maximum atomic E-state index is 13.1. The number of nitrogens with one attached hydrogen (secondary N) is 3. The molecule has 1 saturated carbocycles. The number of carbonyl (C=O) groups is 5. The first-order chi connectivity index (χ1) is 16.5. The molecule has 1 aromatic rings. The Bertz CT molecular complexity index is 988. The molecule has 0 aromatic heterocycles. The van der Waals surface area contributed by atoms with Gasteiger partial charge in [0, 0.05) is 31.6 Å². The topological polar surface area (TPSA) is 125 Å². The van der Waals surface area contributed by atoms with Crippen LogP contribution in [0.1, 0.15) is 84.9 Å². The molecule has 2 heterocycles. The van der Waals surface area contributed by atoms with Crippen molar-refractivity contribution in [3.8, 4) is 0 Å². The number of anilines is 1. The Balaban J connectivity index is 1.20. The molecule has 9 nitrogen and oxygen atoms in total. The number of fused-ring (bicyclic) bond motifs is 1. The predicted molar refractivity (Wildman–Crippen MR) is 125 cm³/mol. The third-order valence-electron chi connectivity index (χ3n) is 6.65. The highest BCUT2D eigenvalue weighted by Gasteiger charge is 2.45. The Kier molecular flexibility index (Phi) is 7.59. The number of nitrogens with zero attached hydrogens (tertiary/aromatic N) is 1. The number of hydrogen-bond donors (Lipinski definition) is 3. The summed E-state index contributed by atoms with van der Waals surface area (Å²) >= 11 is 0. The third-order valence-corrected chi connectivity index (χ3v) is 6.65. The molecule has 0 spiro atoms. The van der Waals surface area contributed by atoms with Crippen LogP contribution in [-0.2, 0) is 14.4 Å². The van der Waals surface area contributed by atoms with E-state index in [-0.39, 0.29) is 29.9 Å². The predicted octanol–water partition coefficient (Wildman–Crippen LogP) is 2.37. The normalized spacial score (nSPS) is 19.8. The Morgan fingerprint density at radius 1 is 0.971 bits per heavy atom. The van der Waals surface area contributed by atoms with Crippen molar-refractivity contribution in [3.63, 3.8) is 0 Å². The number of benzene rings is 1. The van der Waals surface area contributed by atoms with Crippen LogP contribution in [0.5, 0.6) is 0 Å². The molecule has 1 aliphatic carbocycles. The van der Waals surface area contributed by atoms with Gasteiger partial charge in [-0.15, -0.1) is 0 Å². The van der Waals surface area contributed by atoms with Crippen molar-refractivity contribution >= 4 is 35.2 Å². The van der Waals surface area contributed by atoms with Crippen molar-refractivity contribution in [2.45, 2.75) is 70.3 Å². The third kappa shape index (κ3) is 5.63. The van der Waals surface area contributed by atoms with Gasteiger partial charge >= 0.3 is 0 Å². The van der Waals surface area contributed by atoms with E-state index in [1.165, 1.54) is 12.8 Å². The first-order valence-electron chi connectivity index (χ1n) is 12.3. The molecule has 0 bridgehead atoms. The second-order valence-corrected chi connectivity index (χ2v) is 9.37. The number of carbonyl (C=O) groups excluding carboxylic acids is 5. The smallest absolute Gasteiger partial charge is 0.264 e. The zero-order valence-electron chi connectivity index (χ0n) is 19.4. The van der Waals surface area contributed by atoms with Gasteiger partial charge in [0.05, 0.1) is 11.1 Å². The average molecular weight is 469 g/mol. The second kappa shape index (κ2) is 10.8. The first-order valence-corrected chi connectivity index (χ1v) is 12.3. The zero-order valence-corrected chi connectivity index (χ0v) is 19.4. The molecule has 0 radical (unpaired) electrons. The van der Waals surface area contributed by atoms with Crippen LogP contribution in [0.2, 0.25) is 0 Å². The quantitative estimate of drug-likeness (QED) is 0.320. The van der Waals surface area contributed by atoms with Gasteiger partial charge in [-0.25, -0.2) is 0 Å². The summed E-state index contributed by atoms with van der Waals surface area (Å²) in [5, 5.41) is 8.46. The minimum Gasteiger partial charge on any atom is -0.384 e. The summed E-state index contributed by atoms with van der Waals surface area (Å²) in [5.74, 6) is -1.15. The number of imide groups is 2. The minimum absolute atomic E-state index is 0.0973. The number of hydrogen-bond acceptors (Lipinski definition) is 6. The second-order valence-electron chi connectivity index (χ2n) is 9.37. The average Bonchev–Trinajstić information content (AvgIpc) is 3.61. The molecule has 4 rings (SSSR count).